The summed E-state index contributed by atoms with van der Waals surface area (Å²) in [6, 6.07) is 19.7. The van der Waals surface area contributed by atoms with Gasteiger partial charge in [-0.2, -0.15) is 0 Å². The number of amides is 1. The second kappa shape index (κ2) is 8.37. The third-order valence-electron chi connectivity index (χ3n) is 5.18. The van der Waals surface area contributed by atoms with E-state index in [1.54, 1.807) is 22.9 Å². The summed E-state index contributed by atoms with van der Waals surface area (Å²) >= 11 is 3.49. The van der Waals surface area contributed by atoms with Gasteiger partial charge in [0.05, 0.1) is 6.54 Å². The summed E-state index contributed by atoms with van der Waals surface area (Å²) in [4.78, 5) is 28.2. The quantitative estimate of drug-likeness (QED) is 0.542. The predicted octanol–water partition coefficient (Wildman–Crippen LogP) is 4.77. The molecule has 0 unspecified atom stereocenters. The van der Waals surface area contributed by atoms with Gasteiger partial charge in [0, 0.05) is 23.3 Å². The van der Waals surface area contributed by atoms with E-state index in [2.05, 4.69) is 22.0 Å². The van der Waals surface area contributed by atoms with Crippen LogP contribution in [0.25, 0.3) is 0 Å². The van der Waals surface area contributed by atoms with E-state index < -0.39 is 0 Å². The fourth-order valence-corrected chi connectivity index (χ4v) is 4.02. The van der Waals surface area contributed by atoms with Crippen molar-refractivity contribution in [3.8, 4) is 0 Å². The first kappa shape index (κ1) is 19.6. The summed E-state index contributed by atoms with van der Waals surface area (Å²) in [5.41, 5.74) is 3.25. The number of halogens is 1. The highest BCUT2D eigenvalue weighted by atomic mass is 79.9. The highest BCUT2D eigenvalue weighted by Crippen LogP contribution is 2.30. The first-order valence-corrected chi connectivity index (χ1v) is 10.6. The van der Waals surface area contributed by atoms with Crippen LogP contribution in [0.3, 0.4) is 0 Å². The number of pyridine rings is 1. The Morgan fingerprint density at radius 1 is 1.07 bits per heavy atom. The zero-order valence-electron chi connectivity index (χ0n) is 16.3. The van der Waals surface area contributed by atoms with E-state index in [0.717, 1.165) is 34.0 Å². The van der Waals surface area contributed by atoms with Crippen LogP contribution in [-0.4, -0.2) is 21.4 Å². The highest BCUT2D eigenvalue weighted by molar-refractivity contribution is 9.10. The van der Waals surface area contributed by atoms with E-state index >= 15 is 0 Å². The van der Waals surface area contributed by atoms with Crippen LogP contribution >= 0.6 is 15.9 Å². The van der Waals surface area contributed by atoms with E-state index in [1.165, 1.54) is 0 Å². The third kappa shape index (κ3) is 4.67. The lowest BCUT2D eigenvalue weighted by atomic mass is 10.1. The number of aryl methyl sites for hydroxylation is 1. The van der Waals surface area contributed by atoms with Crippen LogP contribution in [0.15, 0.2) is 76.1 Å². The van der Waals surface area contributed by atoms with Gasteiger partial charge in [0.25, 0.3) is 11.5 Å². The molecule has 4 rings (SSSR count). The smallest absolute Gasteiger partial charge is 0.263 e. The van der Waals surface area contributed by atoms with Crippen LogP contribution in [0.4, 0.5) is 0 Å². The highest BCUT2D eigenvalue weighted by Gasteiger charge is 2.34. The molecule has 1 fully saturated rings. The lowest BCUT2D eigenvalue weighted by Gasteiger charge is -2.23. The molecule has 3 aromatic rings. The van der Waals surface area contributed by atoms with Gasteiger partial charge in [-0.25, -0.2) is 0 Å². The molecule has 0 saturated heterocycles. The van der Waals surface area contributed by atoms with Crippen molar-refractivity contribution >= 4 is 21.8 Å². The minimum Gasteiger partial charge on any atom is -0.331 e. The zero-order valence-corrected chi connectivity index (χ0v) is 17.9. The van der Waals surface area contributed by atoms with Crippen LogP contribution in [0.2, 0.25) is 0 Å². The molecule has 2 aromatic carbocycles. The summed E-state index contributed by atoms with van der Waals surface area (Å²) in [6.45, 7) is 2.99. The molecule has 0 radical (unpaired) electrons. The molecular weight excluding hydrogens is 428 g/mol. The van der Waals surface area contributed by atoms with Crippen LogP contribution in [0.1, 0.15) is 39.9 Å². The van der Waals surface area contributed by atoms with Crippen molar-refractivity contribution in [3.63, 3.8) is 0 Å². The second-order valence-electron chi connectivity index (χ2n) is 7.64. The Bertz CT molecular complexity index is 1100. The van der Waals surface area contributed by atoms with Gasteiger partial charge in [-0.3, -0.25) is 9.59 Å². The second-order valence-corrected chi connectivity index (χ2v) is 8.55. The molecular formula is C24H23BrN2O2. The number of benzene rings is 2. The van der Waals surface area contributed by atoms with Crippen molar-refractivity contribution in [1.29, 1.82) is 0 Å². The number of aromatic nitrogens is 1. The summed E-state index contributed by atoms with van der Waals surface area (Å²) in [7, 11) is 0. The fraction of sp³-hybridized carbons (Fsp3) is 0.250. The van der Waals surface area contributed by atoms with Crippen molar-refractivity contribution in [2.45, 2.75) is 38.9 Å². The molecule has 0 bridgehead atoms. The van der Waals surface area contributed by atoms with Crippen LogP contribution in [0.5, 0.6) is 0 Å². The Labute approximate surface area is 178 Å². The van der Waals surface area contributed by atoms with Crippen LogP contribution in [0, 0.1) is 6.92 Å². The van der Waals surface area contributed by atoms with Crippen molar-refractivity contribution in [2.75, 3.05) is 0 Å². The largest absolute Gasteiger partial charge is 0.331 e. The monoisotopic (exact) mass is 450 g/mol. The van der Waals surface area contributed by atoms with E-state index in [0.29, 0.717) is 13.1 Å². The molecule has 0 aliphatic heterocycles. The molecule has 1 amide bonds. The Hall–Kier alpha value is -2.66. The summed E-state index contributed by atoms with van der Waals surface area (Å²) < 4.78 is 2.60. The van der Waals surface area contributed by atoms with Gasteiger partial charge < -0.3 is 9.47 Å². The van der Waals surface area contributed by atoms with Crippen molar-refractivity contribution in [2.24, 2.45) is 0 Å². The van der Waals surface area contributed by atoms with Gasteiger partial charge in [0.2, 0.25) is 0 Å². The first-order chi connectivity index (χ1) is 14.0. The first-order valence-electron chi connectivity index (χ1n) is 9.81. The molecule has 4 nitrogen and oxygen atoms in total. The van der Waals surface area contributed by atoms with E-state index in [9.17, 15) is 9.59 Å². The van der Waals surface area contributed by atoms with Crippen molar-refractivity contribution < 1.29 is 4.79 Å². The molecule has 29 heavy (non-hydrogen) atoms. The maximum Gasteiger partial charge on any atom is 0.263 e. The number of rotatable bonds is 6. The molecule has 1 aliphatic carbocycles. The Kier molecular flexibility index (Phi) is 5.67. The third-order valence-corrected chi connectivity index (χ3v) is 5.67. The topological polar surface area (TPSA) is 42.3 Å². The standard InChI is InChI=1S/C24H23BrN2O2/c1-17-5-2-6-18(13-17)15-26-12-4-9-22(23(26)28)24(29)27(21-10-11-21)16-19-7-3-8-20(25)14-19/h2-9,12-14,21H,10-11,15-16H2,1H3. The fourth-order valence-electron chi connectivity index (χ4n) is 3.57. The number of carbonyl (C=O) groups is 1. The number of nitrogens with zero attached hydrogens (tertiary/aromatic N) is 2. The van der Waals surface area contributed by atoms with Gasteiger partial charge >= 0.3 is 0 Å². The van der Waals surface area contributed by atoms with Gasteiger partial charge in [-0.1, -0.05) is 57.9 Å². The molecule has 1 aromatic heterocycles. The van der Waals surface area contributed by atoms with Gasteiger partial charge in [0.15, 0.2) is 0 Å². The Morgan fingerprint density at radius 3 is 2.55 bits per heavy atom. The van der Waals surface area contributed by atoms with E-state index in [4.69, 9.17) is 0 Å². The van der Waals surface area contributed by atoms with Gasteiger partial charge in [-0.05, 0) is 55.2 Å². The van der Waals surface area contributed by atoms with E-state index in [1.807, 2.05) is 54.3 Å². The number of hydrogen-bond acceptors (Lipinski definition) is 2. The number of hydrogen-bond donors (Lipinski definition) is 0. The lowest BCUT2D eigenvalue weighted by molar-refractivity contribution is 0.0727. The minimum atomic E-state index is -0.237. The SMILES string of the molecule is Cc1cccc(Cn2cccc(C(=O)N(Cc3cccc(Br)c3)C3CC3)c2=O)c1. The summed E-state index contributed by atoms with van der Waals surface area (Å²) in [5.74, 6) is -0.184. The molecule has 1 aliphatic rings. The van der Waals surface area contributed by atoms with Crippen LogP contribution < -0.4 is 5.56 Å². The number of carbonyl (C=O) groups excluding carboxylic acids is 1. The maximum atomic E-state index is 13.3. The normalized spacial score (nSPS) is 13.3. The molecule has 5 heteroatoms. The average Bonchev–Trinajstić information content (AvgIpc) is 3.53. The van der Waals surface area contributed by atoms with E-state index in [-0.39, 0.29) is 23.1 Å². The van der Waals surface area contributed by atoms with Gasteiger partial charge in [0.1, 0.15) is 5.56 Å². The summed E-state index contributed by atoms with van der Waals surface area (Å²) in [5, 5.41) is 0. The average molecular weight is 451 g/mol. The van der Waals surface area contributed by atoms with Gasteiger partial charge in [-0.15, -0.1) is 0 Å². The van der Waals surface area contributed by atoms with Crippen molar-refractivity contribution in [3.05, 3.63) is 104 Å². The maximum absolute atomic E-state index is 13.3. The molecule has 0 N–H and O–H groups in total. The van der Waals surface area contributed by atoms with Crippen molar-refractivity contribution in [1.82, 2.24) is 9.47 Å². The zero-order chi connectivity index (χ0) is 20.4. The molecule has 0 atom stereocenters. The molecule has 0 spiro atoms. The van der Waals surface area contributed by atoms with Crippen LogP contribution in [-0.2, 0) is 13.1 Å². The Morgan fingerprint density at radius 2 is 1.83 bits per heavy atom. The Balaban J connectivity index is 1.61. The predicted molar refractivity (Wildman–Crippen MR) is 118 cm³/mol. The lowest BCUT2D eigenvalue weighted by Crippen LogP contribution is -2.37. The minimum absolute atomic E-state index is 0.184. The summed E-state index contributed by atoms with van der Waals surface area (Å²) in [6.07, 6.45) is 3.73. The molecule has 1 heterocycles. The molecule has 148 valence electrons. The molecule has 1 saturated carbocycles.